The fourth-order valence-corrected chi connectivity index (χ4v) is 1.62. The van der Waals surface area contributed by atoms with Crippen molar-refractivity contribution in [1.29, 1.82) is 0 Å². The summed E-state index contributed by atoms with van der Waals surface area (Å²) in [6, 6.07) is 6.48. The summed E-state index contributed by atoms with van der Waals surface area (Å²) in [5.74, 6) is 0.435. The van der Waals surface area contributed by atoms with Gasteiger partial charge in [0.2, 0.25) is 0 Å². The normalized spacial score (nSPS) is 12.6. The molecule has 84 valence electrons. The smallest absolute Gasteiger partial charge is 0.126 e. The molecule has 1 aromatic carbocycles. The molecule has 0 bridgehead atoms. The highest BCUT2D eigenvalue weighted by Crippen LogP contribution is 2.10. The van der Waals surface area contributed by atoms with Crippen LogP contribution in [0.5, 0.6) is 0 Å². The number of hydrogen-bond acceptors (Lipinski definition) is 2. The van der Waals surface area contributed by atoms with E-state index in [1.165, 1.54) is 6.07 Å². The zero-order valence-corrected chi connectivity index (χ0v) is 8.73. The van der Waals surface area contributed by atoms with E-state index in [9.17, 15) is 9.50 Å². The Morgan fingerprint density at radius 2 is 2.12 bits per heavy atom. The molecule has 1 heterocycles. The number of imidazole rings is 1. The molecule has 1 atom stereocenters. The highest BCUT2D eigenvalue weighted by atomic mass is 19.1. The van der Waals surface area contributed by atoms with E-state index in [0.29, 0.717) is 24.2 Å². The van der Waals surface area contributed by atoms with Crippen LogP contribution < -0.4 is 0 Å². The maximum absolute atomic E-state index is 13.3. The molecule has 16 heavy (non-hydrogen) atoms. The van der Waals surface area contributed by atoms with E-state index in [4.69, 9.17) is 0 Å². The van der Waals surface area contributed by atoms with Crippen LogP contribution in [0.1, 0.15) is 11.4 Å². The molecule has 0 aliphatic rings. The largest absolute Gasteiger partial charge is 0.392 e. The molecule has 0 saturated heterocycles. The van der Waals surface area contributed by atoms with Crippen molar-refractivity contribution in [3.8, 4) is 0 Å². The van der Waals surface area contributed by atoms with Gasteiger partial charge in [0.25, 0.3) is 0 Å². The predicted octanol–water partition coefficient (Wildman–Crippen LogP) is 1.69. The molecule has 1 aromatic heterocycles. The first-order valence-electron chi connectivity index (χ1n) is 5.15. The summed E-state index contributed by atoms with van der Waals surface area (Å²) in [5, 5.41) is 9.77. The summed E-state index contributed by atoms with van der Waals surface area (Å²) in [5.41, 5.74) is 0.529. The number of nitrogens with one attached hydrogen (secondary N) is 1. The van der Waals surface area contributed by atoms with E-state index in [-0.39, 0.29) is 5.82 Å². The van der Waals surface area contributed by atoms with E-state index in [1.807, 2.05) is 0 Å². The molecular formula is C12H13FN2O. The summed E-state index contributed by atoms with van der Waals surface area (Å²) < 4.78 is 13.3. The Morgan fingerprint density at radius 1 is 1.31 bits per heavy atom. The molecule has 1 unspecified atom stereocenters. The lowest BCUT2D eigenvalue weighted by atomic mass is 10.1. The summed E-state index contributed by atoms with van der Waals surface area (Å²) in [6.45, 7) is 0. The van der Waals surface area contributed by atoms with Crippen LogP contribution in [0.15, 0.2) is 36.7 Å². The number of nitrogens with zero attached hydrogens (tertiary/aromatic N) is 1. The van der Waals surface area contributed by atoms with Crippen LogP contribution in [0.25, 0.3) is 0 Å². The Bertz CT molecular complexity index is 442. The molecule has 2 N–H and O–H groups in total. The minimum Gasteiger partial charge on any atom is -0.392 e. The summed E-state index contributed by atoms with van der Waals surface area (Å²) in [7, 11) is 0. The first-order chi connectivity index (χ1) is 7.75. The third-order valence-electron chi connectivity index (χ3n) is 2.40. The average Bonchev–Trinajstić information content (AvgIpc) is 2.74. The van der Waals surface area contributed by atoms with Gasteiger partial charge in [-0.2, -0.15) is 0 Å². The van der Waals surface area contributed by atoms with Gasteiger partial charge >= 0.3 is 0 Å². The molecule has 0 fully saturated rings. The van der Waals surface area contributed by atoms with Crippen LogP contribution in [-0.4, -0.2) is 21.2 Å². The second-order valence-electron chi connectivity index (χ2n) is 3.69. The third kappa shape index (κ3) is 2.67. The molecule has 3 nitrogen and oxygen atoms in total. The number of rotatable bonds is 4. The average molecular weight is 220 g/mol. The number of aromatic amines is 1. The van der Waals surface area contributed by atoms with Gasteiger partial charge in [0.15, 0.2) is 0 Å². The van der Waals surface area contributed by atoms with Crippen molar-refractivity contribution in [2.24, 2.45) is 0 Å². The van der Waals surface area contributed by atoms with E-state index in [0.717, 1.165) is 0 Å². The van der Waals surface area contributed by atoms with Gasteiger partial charge in [0, 0.05) is 25.2 Å². The quantitative estimate of drug-likeness (QED) is 0.823. The van der Waals surface area contributed by atoms with Crippen molar-refractivity contribution in [2.75, 3.05) is 0 Å². The predicted molar refractivity (Wildman–Crippen MR) is 58.4 cm³/mol. The zero-order chi connectivity index (χ0) is 11.4. The Morgan fingerprint density at radius 3 is 2.81 bits per heavy atom. The lowest BCUT2D eigenvalue weighted by Gasteiger charge is -2.09. The molecule has 0 spiro atoms. The Hall–Kier alpha value is -1.68. The highest BCUT2D eigenvalue weighted by molar-refractivity contribution is 5.18. The number of hydrogen-bond donors (Lipinski definition) is 2. The van der Waals surface area contributed by atoms with E-state index < -0.39 is 6.10 Å². The number of halogens is 1. The minimum atomic E-state index is -0.622. The number of aliphatic hydroxyl groups excluding tert-OH is 1. The molecule has 0 amide bonds. The van der Waals surface area contributed by atoms with Gasteiger partial charge in [0.05, 0.1) is 6.10 Å². The SMILES string of the molecule is OC(Cc1ncc[nH]1)Cc1ccccc1F. The lowest BCUT2D eigenvalue weighted by molar-refractivity contribution is 0.172. The second kappa shape index (κ2) is 4.90. The Kier molecular flexibility index (Phi) is 3.31. The molecule has 0 aliphatic heterocycles. The van der Waals surface area contributed by atoms with Crippen molar-refractivity contribution in [2.45, 2.75) is 18.9 Å². The van der Waals surface area contributed by atoms with E-state index in [1.54, 1.807) is 30.6 Å². The Labute approximate surface area is 93.0 Å². The van der Waals surface area contributed by atoms with Gasteiger partial charge in [0.1, 0.15) is 11.6 Å². The van der Waals surface area contributed by atoms with Crippen molar-refractivity contribution < 1.29 is 9.50 Å². The van der Waals surface area contributed by atoms with Crippen LogP contribution in [0.2, 0.25) is 0 Å². The first kappa shape index (κ1) is 10.8. The summed E-state index contributed by atoms with van der Waals surface area (Å²) >= 11 is 0. The maximum Gasteiger partial charge on any atom is 0.126 e. The third-order valence-corrected chi connectivity index (χ3v) is 2.40. The summed E-state index contributed by atoms with van der Waals surface area (Å²) in [4.78, 5) is 6.91. The fourth-order valence-electron chi connectivity index (χ4n) is 1.62. The van der Waals surface area contributed by atoms with Crippen molar-refractivity contribution in [1.82, 2.24) is 9.97 Å². The minimum absolute atomic E-state index is 0.277. The van der Waals surface area contributed by atoms with E-state index in [2.05, 4.69) is 9.97 Å². The number of benzene rings is 1. The van der Waals surface area contributed by atoms with Gasteiger partial charge in [-0.05, 0) is 11.6 Å². The van der Waals surface area contributed by atoms with Crippen LogP contribution in [-0.2, 0) is 12.8 Å². The van der Waals surface area contributed by atoms with Gasteiger partial charge in [-0.15, -0.1) is 0 Å². The molecule has 2 rings (SSSR count). The van der Waals surface area contributed by atoms with Crippen LogP contribution in [0, 0.1) is 5.82 Å². The lowest BCUT2D eigenvalue weighted by Crippen LogP contribution is -2.15. The molecular weight excluding hydrogens is 207 g/mol. The van der Waals surface area contributed by atoms with Gasteiger partial charge < -0.3 is 10.1 Å². The Balaban J connectivity index is 1.97. The van der Waals surface area contributed by atoms with Crippen LogP contribution in [0.4, 0.5) is 4.39 Å². The van der Waals surface area contributed by atoms with E-state index >= 15 is 0 Å². The van der Waals surface area contributed by atoms with Gasteiger partial charge in [-0.25, -0.2) is 9.37 Å². The zero-order valence-electron chi connectivity index (χ0n) is 8.73. The molecule has 0 aliphatic carbocycles. The monoisotopic (exact) mass is 220 g/mol. The first-order valence-corrected chi connectivity index (χ1v) is 5.15. The highest BCUT2D eigenvalue weighted by Gasteiger charge is 2.10. The van der Waals surface area contributed by atoms with Crippen molar-refractivity contribution in [3.63, 3.8) is 0 Å². The molecule has 0 radical (unpaired) electrons. The van der Waals surface area contributed by atoms with Crippen molar-refractivity contribution in [3.05, 3.63) is 53.9 Å². The number of aliphatic hydroxyl groups is 1. The number of aromatic nitrogens is 2. The molecule has 2 aromatic rings. The van der Waals surface area contributed by atoms with Gasteiger partial charge in [-0.1, -0.05) is 18.2 Å². The maximum atomic E-state index is 13.3. The van der Waals surface area contributed by atoms with Crippen LogP contribution >= 0.6 is 0 Å². The van der Waals surface area contributed by atoms with Crippen molar-refractivity contribution >= 4 is 0 Å². The standard InChI is InChI=1S/C12H13FN2O/c13-11-4-2-1-3-9(11)7-10(16)8-12-14-5-6-15-12/h1-6,10,16H,7-8H2,(H,14,15). The topological polar surface area (TPSA) is 48.9 Å². The fraction of sp³-hybridized carbons (Fsp3) is 0.250. The number of H-pyrrole nitrogens is 1. The van der Waals surface area contributed by atoms with Crippen LogP contribution in [0.3, 0.4) is 0 Å². The molecule has 0 saturated carbocycles. The molecule has 4 heteroatoms. The summed E-state index contributed by atoms with van der Waals surface area (Å²) in [6.07, 6.45) is 3.41. The van der Waals surface area contributed by atoms with Gasteiger partial charge in [-0.3, -0.25) is 0 Å². The second-order valence-corrected chi connectivity index (χ2v) is 3.69.